The first-order valence-corrected chi connectivity index (χ1v) is 10.8. The zero-order chi connectivity index (χ0) is 23.3. The van der Waals surface area contributed by atoms with Crippen LogP contribution < -0.4 is 10.1 Å². The third-order valence-corrected chi connectivity index (χ3v) is 4.67. The molecule has 32 heavy (non-hydrogen) atoms. The van der Waals surface area contributed by atoms with Crippen molar-refractivity contribution in [1.29, 1.82) is 0 Å². The van der Waals surface area contributed by atoms with Crippen LogP contribution in [0.25, 0.3) is 11.3 Å². The van der Waals surface area contributed by atoms with Gasteiger partial charge >= 0.3 is 0 Å². The summed E-state index contributed by atoms with van der Waals surface area (Å²) in [6.07, 6.45) is 9.11. The summed E-state index contributed by atoms with van der Waals surface area (Å²) in [5.41, 5.74) is 5.73. The third-order valence-electron chi connectivity index (χ3n) is 4.67. The Balaban J connectivity index is 0.00000176. The largest absolute Gasteiger partial charge is 0.457 e. The summed E-state index contributed by atoms with van der Waals surface area (Å²) in [6, 6.07) is 13.7. The molecular formula is C27H32N4O. The van der Waals surface area contributed by atoms with Crippen LogP contribution in [0.4, 0.5) is 0 Å². The van der Waals surface area contributed by atoms with E-state index < -0.39 is 0 Å². The van der Waals surface area contributed by atoms with Gasteiger partial charge in [-0.1, -0.05) is 44.7 Å². The number of rotatable bonds is 8. The van der Waals surface area contributed by atoms with E-state index in [1.54, 1.807) is 25.7 Å². The normalized spacial score (nSPS) is 11.0. The van der Waals surface area contributed by atoms with Crippen molar-refractivity contribution < 1.29 is 4.74 Å². The van der Waals surface area contributed by atoms with Crippen LogP contribution in [-0.2, 0) is 6.54 Å². The van der Waals surface area contributed by atoms with Gasteiger partial charge in [-0.05, 0) is 37.6 Å². The second-order valence-corrected chi connectivity index (χ2v) is 6.73. The van der Waals surface area contributed by atoms with Crippen molar-refractivity contribution in [2.24, 2.45) is 4.99 Å². The van der Waals surface area contributed by atoms with E-state index in [9.17, 15) is 0 Å². The first kappa shape index (κ1) is 24.5. The van der Waals surface area contributed by atoms with Gasteiger partial charge in [0.05, 0.1) is 5.69 Å². The van der Waals surface area contributed by atoms with Gasteiger partial charge in [0, 0.05) is 66.9 Å². The van der Waals surface area contributed by atoms with E-state index in [-0.39, 0.29) is 0 Å². The second kappa shape index (κ2) is 12.8. The third kappa shape index (κ3) is 6.64. The minimum atomic E-state index is 0.663. The van der Waals surface area contributed by atoms with Gasteiger partial charge in [0.2, 0.25) is 0 Å². The molecule has 0 fully saturated rings. The number of nitrogens with one attached hydrogen (secondary N) is 1. The van der Waals surface area contributed by atoms with Crippen LogP contribution in [0.1, 0.15) is 43.2 Å². The molecule has 0 amide bonds. The van der Waals surface area contributed by atoms with Crippen molar-refractivity contribution in [2.75, 3.05) is 7.05 Å². The molecule has 5 nitrogen and oxygen atoms in total. The summed E-state index contributed by atoms with van der Waals surface area (Å²) < 4.78 is 6.19. The number of nitrogens with zero attached hydrogens (tertiary/aromatic N) is 3. The lowest BCUT2D eigenvalue weighted by Gasteiger charge is -2.16. The van der Waals surface area contributed by atoms with Crippen molar-refractivity contribution in [3.63, 3.8) is 0 Å². The molecule has 3 aromatic rings. The molecule has 0 atom stereocenters. The van der Waals surface area contributed by atoms with E-state index in [4.69, 9.17) is 4.74 Å². The topological polar surface area (TPSA) is 59.4 Å². The van der Waals surface area contributed by atoms with Gasteiger partial charge in [-0.3, -0.25) is 15.0 Å². The Bertz CT molecular complexity index is 1070. The van der Waals surface area contributed by atoms with Gasteiger partial charge in [-0.15, -0.1) is 0 Å². The summed E-state index contributed by atoms with van der Waals surface area (Å²) in [6.45, 7) is 12.9. The summed E-state index contributed by atoms with van der Waals surface area (Å²) in [5, 5.41) is 3.37. The van der Waals surface area contributed by atoms with E-state index in [2.05, 4.69) is 26.9 Å². The van der Waals surface area contributed by atoms with Crippen LogP contribution in [0, 0.1) is 6.92 Å². The molecule has 1 aromatic carbocycles. The van der Waals surface area contributed by atoms with Gasteiger partial charge in [0.25, 0.3) is 0 Å². The van der Waals surface area contributed by atoms with Crippen LogP contribution in [0.15, 0.2) is 78.7 Å². The molecule has 0 radical (unpaired) electrons. The minimum absolute atomic E-state index is 0.663. The number of hydrogen-bond donors (Lipinski definition) is 1. The Labute approximate surface area is 191 Å². The highest BCUT2D eigenvalue weighted by Crippen LogP contribution is 2.30. The predicted octanol–water partition coefficient (Wildman–Crippen LogP) is 6.47. The molecule has 0 saturated carbocycles. The average Bonchev–Trinajstić information content (AvgIpc) is 2.84. The number of ether oxygens (including phenoxy) is 1. The fraction of sp³-hybridized carbons (Fsp3) is 0.222. The summed E-state index contributed by atoms with van der Waals surface area (Å²) in [7, 11) is 1.74. The standard InChI is InChI=1S/C25H26N4O.C2H6/c1-5-21(17-26-4)24-14-22(11-13-28-24)30-25-10-6-9-23(18(25)2)19(3)29-16-20-8-7-12-27-15-20;1-2/h5-15,17,29H,3,16H2,1-2,4H3;1-2H3/b21-5+,26-17?;. The number of benzene rings is 1. The SMILES string of the molecule is C=C(NCc1cccnc1)c1cccc(Oc2ccnc(/C(C=NC)=C/C)c2)c1C.CC. The fourth-order valence-electron chi connectivity index (χ4n) is 3.05. The molecule has 0 spiro atoms. The van der Waals surface area contributed by atoms with Crippen molar-refractivity contribution in [1.82, 2.24) is 15.3 Å². The highest BCUT2D eigenvalue weighted by molar-refractivity contribution is 6.08. The molecule has 1 N–H and O–H groups in total. The van der Waals surface area contributed by atoms with Crippen LogP contribution in [0.5, 0.6) is 11.5 Å². The molecule has 0 saturated heterocycles. The van der Waals surface area contributed by atoms with E-state index in [0.29, 0.717) is 6.54 Å². The number of pyridine rings is 2. The maximum Gasteiger partial charge on any atom is 0.131 e. The molecule has 166 valence electrons. The predicted molar refractivity (Wildman–Crippen MR) is 135 cm³/mol. The monoisotopic (exact) mass is 428 g/mol. The summed E-state index contributed by atoms with van der Waals surface area (Å²) in [4.78, 5) is 12.7. The van der Waals surface area contributed by atoms with Gasteiger partial charge in [-0.2, -0.15) is 0 Å². The molecule has 0 aliphatic heterocycles. The number of aliphatic imine (C=N–C) groups is 1. The van der Waals surface area contributed by atoms with E-state index >= 15 is 0 Å². The minimum Gasteiger partial charge on any atom is -0.457 e. The highest BCUT2D eigenvalue weighted by Gasteiger charge is 2.10. The van der Waals surface area contributed by atoms with Crippen molar-refractivity contribution >= 4 is 17.5 Å². The lowest BCUT2D eigenvalue weighted by atomic mass is 10.1. The van der Waals surface area contributed by atoms with Gasteiger partial charge in [0.1, 0.15) is 11.5 Å². The van der Waals surface area contributed by atoms with Crippen molar-refractivity contribution in [2.45, 2.75) is 34.2 Å². The van der Waals surface area contributed by atoms with Gasteiger partial charge in [0.15, 0.2) is 0 Å². The first-order valence-electron chi connectivity index (χ1n) is 10.8. The number of allylic oxidation sites excluding steroid dienone is 2. The lowest BCUT2D eigenvalue weighted by molar-refractivity contribution is 0.477. The quantitative estimate of drug-likeness (QED) is 0.418. The molecule has 0 aliphatic carbocycles. The molecule has 2 aromatic heterocycles. The first-order chi connectivity index (χ1) is 15.6. The Morgan fingerprint density at radius 3 is 2.66 bits per heavy atom. The maximum atomic E-state index is 6.19. The maximum absolute atomic E-state index is 6.19. The Morgan fingerprint density at radius 1 is 1.16 bits per heavy atom. The second-order valence-electron chi connectivity index (χ2n) is 6.73. The molecule has 0 aliphatic rings. The molecule has 2 heterocycles. The van der Waals surface area contributed by atoms with Crippen molar-refractivity contribution in [3.8, 4) is 11.5 Å². The van der Waals surface area contributed by atoms with Crippen LogP contribution in [0.3, 0.4) is 0 Å². The molecule has 0 bridgehead atoms. The van der Waals surface area contributed by atoms with Crippen LogP contribution in [0.2, 0.25) is 0 Å². The zero-order valence-electron chi connectivity index (χ0n) is 19.6. The lowest BCUT2D eigenvalue weighted by Crippen LogP contribution is -2.12. The van der Waals surface area contributed by atoms with Gasteiger partial charge in [-0.25, -0.2) is 0 Å². The Hall–Kier alpha value is -3.73. The van der Waals surface area contributed by atoms with Gasteiger partial charge < -0.3 is 10.1 Å². The Kier molecular flexibility index (Phi) is 9.85. The summed E-state index contributed by atoms with van der Waals surface area (Å²) >= 11 is 0. The van der Waals surface area contributed by atoms with E-state index in [1.165, 1.54) is 0 Å². The molecular weight excluding hydrogens is 396 g/mol. The Morgan fingerprint density at radius 2 is 1.97 bits per heavy atom. The smallest absolute Gasteiger partial charge is 0.131 e. The number of aromatic nitrogens is 2. The zero-order valence-corrected chi connectivity index (χ0v) is 19.6. The van der Waals surface area contributed by atoms with E-state index in [1.807, 2.05) is 82.4 Å². The molecule has 0 unspecified atom stereocenters. The van der Waals surface area contributed by atoms with E-state index in [0.717, 1.165) is 45.2 Å². The fourth-order valence-corrected chi connectivity index (χ4v) is 3.05. The average molecular weight is 429 g/mol. The van der Waals surface area contributed by atoms with Crippen molar-refractivity contribution in [3.05, 3.63) is 96.1 Å². The highest BCUT2D eigenvalue weighted by atomic mass is 16.5. The van der Waals surface area contributed by atoms with Crippen LogP contribution >= 0.6 is 0 Å². The molecule has 3 rings (SSSR count). The summed E-state index contributed by atoms with van der Waals surface area (Å²) in [5.74, 6) is 1.50. The molecule has 5 heteroatoms. The van der Waals surface area contributed by atoms with Crippen LogP contribution in [-0.4, -0.2) is 23.2 Å². The number of hydrogen-bond acceptors (Lipinski definition) is 5.